The zero-order valence-electron chi connectivity index (χ0n) is 21.3. The first-order valence-electron chi connectivity index (χ1n) is 12.3. The second-order valence-corrected chi connectivity index (χ2v) is 9.93. The molecule has 2 aromatic carbocycles. The van der Waals surface area contributed by atoms with Crippen LogP contribution in [0.2, 0.25) is 0 Å². The summed E-state index contributed by atoms with van der Waals surface area (Å²) in [5.41, 5.74) is -2.10. The van der Waals surface area contributed by atoms with Crippen molar-refractivity contribution in [3.05, 3.63) is 70.5 Å². The van der Waals surface area contributed by atoms with Gasteiger partial charge in [0.1, 0.15) is 5.82 Å². The van der Waals surface area contributed by atoms with E-state index in [-0.39, 0.29) is 55.1 Å². The molecule has 3 atom stereocenters. The molecule has 11 heteroatoms. The van der Waals surface area contributed by atoms with Crippen LogP contribution in [0.15, 0.2) is 42.5 Å². The van der Waals surface area contributed by atoms with Gasteiger partial charge in [-0.05, 0) is 81.6 Å². The predicted molar refractivity (Wildman–Crippen MR) is 128 cm³/mol. The highest BCUT2D eigenvalue weighted by atomic mass is 19.4. The summed E-state index contributed by atoms with van der Waals surface area (Å²) in [5, 5.41) is 2.83. The van der Waals surface area contributed by atoms with Crippen LogP contribution >= 0.6 is 0 Å². The third-order valence-electron chi connectivity index (χ3n) is 6.60. The summed E-state index contributed by atoms with van der Waals surface area (Å²) >= 11 is 0. The van der Waals surface area contributed by atoms with Gasteiger partial charge in [-0.3, -0.25) is 9.69 Å². The van der Waals surface area contributed by atoms with E-state index in [0.717, 1.165) is 5.56 Å². The maximum absolute atomic E-state index is 13.6. The summed E-state index contributed by atoms with van der Waals surface area (Å²) in [6.07, 6.45) is -9.23. The average Bonchev–Trinajstić information content (AvgIpc) is 3.21. The number of carbonyl (C=O) groups excluding carboxylic acids is 1. The SMILES string of the molecule is CC(C)NC(=O)CN(C)C1CCC(OCCc2cc(C(F)(F)F)cc(C(F)(F)F)c2)C1c1ccc(F)cc1. The molecule has 3 rings (SSSR count). The molecule has 2 aromatic rings. The molecule has 1 amide bonds. The molecule has 0 aromatic heterocycles. The van der Waals surface area contributed by atoms with Gasteiger partial charge in [-0.25, -0.2) is 4.39 Å². The fourth-order valence-corrected chi connectivity index (χ4v) is 4.95. The van der Waals surface area contributed by atoms with Crippen molar-refractivity contribution in [3.63, 3.8) is 0 Å². The maximum atomic E-state index is 13.6. The second-order valence-electron chi connectivity index (χ2n) is 9.93. The second kappa shape index (κ2) is 12.0. The van der Waals surface area contributed by atoms with Gasteiger partial charge in [0.15, 0.2) is 0 Å². The molecule has 1 aliphatic carbocycles. The van der Waals surface area contributed by atoms with Crippen LogP contribution in [0.1, 0.15) is 54.9 Å². The van der Waals surface area contributed by atoms with Crippen molar-refractivity contribution in [2.45, 2.75) is 69.6 Å². The van der Waals surface area contributed by atoms with Crippen molar-refractivity contribution in [3.8, 4) is 0 Å². The van der Waals surface area contributed by atoms with E-state index in [2.05, 4.69) is 5.32 Å². The predicted octanol–water partition coefficient (Wildman–Crippen LogP) is 6.19. The summed E-state index contributed by atoms with van der Waals surface area (Å²) < 4.78 is 98.8. The first-order chi connectivity index (χ1) is 17.6. The highest BCUT2D eigenvalue weighted by Crippen LogP contribution is 2.40. The number of nitrogens with one attached hydrogen (secondary N) is 1. The van der Waals surface area contributed by atoms with Gasteiger partial charge in [0.05, 0.1) is 30.4 Å². The number of nitrogens with zero attached hydrogens (tertiary/aromatic N) is 1. The smallest absolute Gasteiger partial charge is 0.377 e. The van der Waals surface area contributed by atoms with Gasteiger partial charge in [0.25, 0.3) is 0 Å². The zero-order valence-corrected chi connectivity index (χ0v) is 21.3. The number of hydrogen-bond acceptors (Lipinski definition) is 3. The Morgan fingerprint density at radius 3 is 2.11 bits per heavy atom. The van der Waals surface area contributed by atoms with Crippen LogP contribution in [0.5, 0.6) is 0 Å². The molecule has 0 radical (unpaired) electrons. The number of likely N-dealkylation sites (N-methyl/N-ethyl adjacent to an activating group) is 1. The van der Waals surface area contributed by atoms with E-state index in [4.69, 9.17) is 4.74 Å². The van der Waals surface area contributed by atoms with Gasteiger partial charge in [-0.1, -0.05) is 12.1 Å². The Hall–Kier alpha value is -2.66. The van der Waals surface area contributed by atoms with E-state index in [1.54, 1.807) is 19.2 Å². The van der Waals surface area contributed by atoms with E-state index in [9.17, 15) is 35.5 Å². The molecule has 3 unspecified atom stereocenters. The zero-order chi connectivity index (χ0) is 28.3. The van der Waals surface area contributed by atoms with Crippen molar-refractivity contribution < 1.29 is 40.3 Å². The van der Waals surface area contributed by atoms with Crippen LogP contribution in [-0.2, 0) is 28.3 Å². The minimum absolute atomic E-state index is 0.0304. The van der Waals surface area contributed by atoms with Crippen molar-refractivity contribution >= 4 is 5.91 Å². The molecule has 0 bridgehead atoms. The van der Waals surface area contributed by atoms with E-state index in [1.807, 2.05) is 18.7 Å². The Bertz CT molecular complexity index is 1050. The standard InChI is InChI=1S/C27H31F7N2O2/c1-16(2)35-24(37)15-36(3)22-8-9-23(25(22)18-4-6-21(28)7-5-18)38-11-10-17-12-19(26(29,30)31)14-20(13-17)27(32,33)34/h4-7,12-14,16,22-23,25H,8-11,15H2,1-3H3,(H,35,37). The summed E-state index contributed by atoms with van der Waals surface area (Å²) in [5.74, 6) is -0.857. The van der Waals surface area contributed by atoms with Crippen LogP contribution < -0.4 is 5.32 Å². The van der Waals surface area contributed by atoms with Gasteiger partial charge >= 0.3 is 12.4 Å². The van der Waals surface area contributed by atoms with Crippen LogP contribution in [0.25, 0.3) is 0 Å². The normalized spacial score (nSPS) is 20.4. The molecule has 4 nitrogen and oxygen atoms in total. The van der Waals surface area contributed by atoms with Gasteiger partial charge in [0.2, 0.25) is 5.91 Å². The highest BCUT2D eigenvalue weighted by molar-refractivity contribution is 5.78. The molecular weight excluding hydrogens is 517 g/mol. The molecular formula is C27H31F7N2O2. The molecule has 0 spiro atoms. The van der Waals surface area contributed by atoms with Crippen molar-refractivity contribution in [2.24, 2.45) is 0 Å². The lowest BCUT2D eigenvalue weighted by atomic mass is 9.91. The summed E-state index contributed by atoms with van der Waals surface area (Å²) in [6, 6.07) is 7.21. The molecule has 38 heavy (non-hydrogen) atoms. The number of hydrogen-bond donors (Lipinski definition) is 1. The Morgan fingerprint density at radius 2 is 1.58 bits per heavy atom. The number of benzene rings is 2. The molecule has 1 aliphatic rings. The monoisotopic (exact) mass is 548 g/mol. The van der Waals surface area contributed by atoms with Gasteiger partial charge in [0, 0.05) is 18.0 Å². The molecule has 1 saturated carbocycles. The number of ether oxygens (including phenoxy) is 1. The molecule has 0 aliphatic heterocycles. The number of halogens is 7. The number of rotatable bonds is 9. The van der Waals surface area contributed by atoms with Gasteiger partial charge in [-0.15, -0.1) is 0 Å². The van der Waals surface area contributed by atoms with Crippen molar-refractivity contribution in [1.29, 1.82) is 0 Å². The fraction of sp³-hybridized carbons (Fsp3) is 0.519. The van der Waals surface area contributed by atoms with Gasteiger partial charge in [-0.2, -0.15) is 26.3 Å². The number of amides is 1. The van der Waals surface area contributed by atoms with Crippen LogP contribution in [0.3, 0.4) is 0 Å². The average molecular weight is 549 g/mol. The van der Waals surface area contributed by atoms with Crippen LogP contribution in [0.4, 0.5) is 30.7 Å². The minimum Gasteiger partial charge on any atom is -0.377 e. The fourth-order valence-electron chi connectivity index (χ4n) is 4.95. The summed E-state index contributed by atoms with van der Waals surface area (Å²) in [4.78, 5) is 14.2. The topological polar surface area (TPSA) is 41.6 Å². The Morgan fingerprint density at radius 1 is 1.00 bits per heavy atom. The first kappa shape index (κ1) is 29.9. The number of alkyl halides is 6. The van der Waals surface area contributed by atoms with E-state index < -0.39 is 35.4 Å². The van der Waals surface area contributed by atoms with Crippen LogP contribution in [-0.4, -0.2) is 49.2 Å². The van der Waals surface area contributed by atoms with Crippen molar-refractivity contribution in [2.75, 3.05) is 20.2 Å². The lowest BCUT2D eigenvalue weighted by Crippen LogP contribution is -2.44. The first-order valence-corrected chi connectivity index (χ1v) is 12.3. The lowest BCUT2D eigenvalue weighted by molar-refractivity contribution is -0.143. The molecule has 1 fully saturated rings. The highest BCUT2D eigenvalue weighted by Gasteiger charge is 2.41. The van der Waals surface area contributed by atoms with E-state index >= 15 is 0 Å². The van der Waals surface area contributed by atoms with Gasteiger partial charge < -0.3 is 10.1 Å². The quantitative estimate of drug-likeness (QED) is 0.380. The Balaban J connectivity index is 1.76. The maximum Gasteiger partial charge on any atom is 0.416 e. The van der Waals surface area contributed by atoms with Crippen molar-refractivity contribution in [1.82, 2.24) is 10.2 Å². The third-order valence-corrected chi connectivity index (χ3v) is 6.60. The minimum atomic E-state index is -4.92. The van der Waals surface area contributed by atoms with E-state index in [0.29, 0.717) is 25.0 Å². The lowest BCUT2D eigenvalue weighted by Gasteiger charge is -2.32. The Labute approximate surface area is 217 Å². The summed E-state index contributed by atoms with van der Waals surface area (Å²) in [6.45, 7) is 3.71. The van der Waals surface area contributed by atoms with E-state index in [1.165, 1.54) is 12.1 Å². The summed E-state index contributed by atoms with van der Waals surface area (Å²) in [7, 11) is 1.80. The van der Waals surface area contributed by atoms with Crippen LogP contribution in [0, 0.1) is 5.82 Å². The third kappa shape index (κ3) is 7.92. The number of carbonyl (C=O) groups is 1. The molecule has 1 N–H and O–H groups in total. The molecule has 210 valence electrons. The largest absolute Gasteiger partial charge is 0.416 e. The Kier molecular flexibility index (Phi) is 9.46. The molecule has 0 heterocycles. The molecule has 0 saturated heterocycles.